The summed E-state index contributed by atoms with van der Waals surface area (Å²) in [6, 6.07) is 8.57. The average Bonchev–Trinajstić information content (AvgIpc) is 2.67. The van der Waals surface area contributed by atoms with Gasteiger partial charge in [0.05, 0.1) is 5.69 Å². The number of hydrogen-bond acceptors (Lipinski definition) is 0. The van der Waals surface area contributed by atoms with E-state index in [2.05, 4.69) is 31.2 Å². The molecule has 1 aromatic rings. The monoisotopic (exact) mass is 198 g/mol. The van der Waals surface area contributed by atoms with Crippen LogP contribution in [0.1, 0.15) is 38.2 Å². The number of benzene rings is 1. The minimum atomic E-state index is 0.709. The van der Waals surface area contributed by atoms with E-state index in [1.54, 1.807) is 0 Å². The van der Waals surface area contributed by atoms with Crippen LogP contribution in [0.3, 0.4) is 0 Å². The summed E-state index contributed by atoms with van der Waals surface area (Å²) >= 11 is 0. The van der Waals surface area contributed by atoms with Crippen LogP contribution in [0.25, 0.3) is 5.57 Å². The topological polar surface area (TPSA) is 14.1 Å². The lowest BCUT2D eigenvalue weighted by Gasteiger charge is -2.22. The molecule has 15 heavy (non-hydrogen) atoms. The molecule has 1 aromatic carbocycles. The first-order chi connectivity index (χ1) is 7.40. The molecule has 0 saturated carbocycles. The molecule has 1 atom stereocenters. The van der Waals surface area contributed by atoms with Crippen molar-refractivity contribution in [1.29, 1.82) is 0 Å². The summed E-state index contributed by atoms with van der Waals surface area (Å²) in [5.41, 5.74) is 5.52. The van der Waals surface area contributed by atoms with Gasteiger partial charge in [-0.2, -0.15) is 0 Å². The fraction of sp³-hybridized carbons (Fsp3) is 0.429. The van der Waals surface area contributed by atoms with Crippen LogP contribution in [0.2, 0.25) is 0 Å². The molecule has 0 N–H and O–H groups in total. The maximum Gasteiger partial charge on any atom is 0.0708 e. The van der Waals surface area contributed by atoms with Gasteiger partial charge in [0, 0.05) is 17.2 Å². The van der Waals surface area contributed by atoms with Gasteiger partial charge < -0.3 is 0 Å². The Labute approximate surface area is 91.2 Å². The van der Waals surface area contributed by atoms with Crippen molar-refractivity contribution in [3.05, 3.63) is 35.5 Å². The maximum absolute atomic E-state index is 4.81. The third-order valence-corrected chi connectivity index (χ3v) is 3.64. The highest BCUT2D eigenvalue weighted by atomic mass is 14.9. The van der Waals surface area contributed by atoms with E-state index < -0.39 is 0 Å². The van der Waals surface area contributed by atoms with Crippen molar-refractivity contribution in [2.24, 2.45) is 5.92 Å². The van der Waals surface area contributed by atoms with Gasteiger partial charge in [-0.25, -0.2) is 0 Å². The minimum Gasteiger partial charge on any atom is -0.252 e. The Kier molecular flexibility index (Phi) is 2.05. The normalized spacial score (nSPS) is 23.4. The lowest BCUT2D eigenvalue weighted by atomic mass is 9.84. The molecule has 0 fully saturated rings. The van der Waals surface area contributed by atoms with Gasteiger partial charge >= 0.3 is 0 Å². The Bertz CT molecular complexity index is 417. The molecular weight excluding hydrogens is 182 g/mol. The Balaban J connectivity index is 2.06. The van der Waals surface area contributed by atoms with E-state index in [0.717, 1.165) is 0 Å². The summed E-state index contributed by atoms with van der Waals surface area (Å²) in [6.45, 7) is 2.28. The predicted octanol–water partition coefficient (Wildman–Crippen LogP) is 3.86. The fourth-order valence-electron chi connectivity index (χ4n) is 2.82. The third-order valence-electron chi connectivity index (χ3n) is 3.64. The highest BCUT2D eigenvalue weighted by Crippen LogP contribution is 2.45. The van der Waals surface area contributed by atoms with Crippen molar-refractivity contribution in [2.75, 3.05) is 0 Å². The molecule has 2 aliphatic rings. The van der Waals surface area contributed by atoms with Crippen LogP contribution in [0, 0.1) is 5.92 Å². The molecule has 0 bridgehead atoms. The molecule has 1 aliphatic carbocycles. The number of rotatable bonds is 1. The van der Waals surface area contributed by atoms with E-state index in [4.69, 9.17) is 5.32 Å². The second kappa shape index (κ2) is 3.41. The molecule has 1 heterocycles. The molecule has 3 rings (SSSR count). The van der Waals surface area contributed by atoms with E-state index in [1.807, 2.05) is 0 Å². The number of allylic oxidation sites excluding steroid dienone is 2. The lowest BCUT2D eigenvalue weighted by Crippen LogP contribution is -2.12. The minimum absolute atomic E-state index is 0.709. The third kappa shape index (κ3) is 1.30. The fourth-order valence-corrected chi connectivity index (χ4v) is 2.82. The van der Waals surface area contributed by atoms with Crippen LogP contribution in [0.15, 0.2) is 30.0 Å². The molecule has 0 saturated heterocycles. The zero-order valence-corrected chi connectivity index (χ0v) is 9.16. The summed E-state index contributed by atoms with van der Waals surface area (Å²) in [5.74, 6) is 0.709. The number of nitrogens with zero attached hydrogens (tertiary/aromatic N) is 1. The molecule has 1 aliphatic heterocycles. The van der Waals surface area contributed by atoms with Crippen LogP contribution in [-0.2, 0) is 0 Å². The van der Waals surface area contributed by atoms with Gasteiger partial charge in [0.15, 0.2) is 0 Å². The molecule has 0 amide bonds. The first-order valence-electron chi connectivity index (χ1n) is 5.94. The van der Waals surface area contributed by atoms with Gasteiger partial charge in [-0.1, -0.05) is 25.1 Å². The van der Waals surface area contributed by atoms with E-state index in [1.165, 1.54) is 48.2 Å². The van der Waals surface area contributed by atoms with Crippen LogP contribution in [0.5, 0.6) is 0 Å². The van der Waals surface area contributed by atoms with Crippen LogP contribution < -0.4 is 5.32 Å². The molecule has 1 radical (unpaired) electrons. The maximum atomic E-state index is 4.81. The van der Waals surface area contributed by atoms with Gasteiger partial charge in [-0.15, -0.1) is 0 Å². The second-order valence-corrected chi connectivity index (χ2v) is 4.49. The number of hydrogen-bond donors (Lipinski definition) is 0. The van der Waals surface area contributed by atoms with Crippen molar-refractivity contribution < 1.29 is 0 Å². The quantitative estimate of drug-likeness (QED) is 0.650. The summed E-state index contributed by atoms with van der Waals surface area (Å²) in [7, 11) is 0. The van der Waals surface area contributed by atoms with Crippen molar-refractivity contribution >= 4 is 11.3 Å². The molecule has 77 valence electrons. The van der Waals surface area contributed by atoms with Crippen LogP contribution in [-0.4, -0.2) is 0 Å². The molecule has 1 nitrogen and oxygen atoms in total. The Morgan fingerprint density at radius 2 is 2.20 bits per heavy atom. The zero-order chi connectivity index (χ0) is 10.3. The lowest BCUT2D eigenvalue weighted by molar-refractivity contribution is 0.489. The Morgan fingerprint density at radius 1 is 1.33 bits per heavy atom. The number of fused-ring (bicyclic) bond motifs is 2. The van der Waals surface area contributed by atoms with Gasteiger partial charge in [0.1, 0.15) is 0 Å². The smallest absolute Gasteiger partial charge is 0.0708 e. The summed E-state index contributed by atoms with van der Waals surface area (Å²) in [6.07, 6.45) is 5.12. The van der Waals surface area contributed by atoms with E-state index in [-0.39, 0.29) is 0 Å². The first kappa shape index (κ1) is 9.02. The van der Waals surface area contributed by atoms with E-state index >= 15 is 0 Å². The first-order valence-corrected chi connectivity index (χ1v) is 5.94. The Hall–Kier alpha value is -1.24. The van der Waals surface area contributed by atoms with Gasteiger partial charge in [0.25, 0.3) is 0 Å². The van der Waals surface area contributed by atoms with Crippen LogP contribution >= 0.6 is 0 Å². The van der Waals surface area contributed by atoms with Crippen molar-refractivity contribution in [2.45, 2.75) is 32.6 Å². The Morgan fingerprint density at radius 3 is 3.07 bits per heavy atom. The molecular formula is C14H16N. The highest BCUT2D eigenvalue weighted by molar-refractivity contribution is 5.82. The highest BCUT2D eigenvalue weighted by Gasteiger charge is 2.29. The van der Waals surface area contributed by atoms with Crippen LogP contribution in [0.4, 0.5) is 5.69 Å². The zero-order valence-electron chi connectivity index (χ0n) is 9.16. The van der Waals surface area contributed by atoms with Crippen molar-refractivity contribution in [3.8, 4) is 0 Å². The molecule has 1 heteroatoms. The predicted molar refractivity (Wildman–Crippen MR) is 62.8 cm³/mol. The van der Waals surface area contributed by atoms with E-state index in [9.17, 15) is 0 Å². The number of para-hydroxylation sites is 1. The molecule has 0 aromatic heterocycles. The SMILES string of the molecule is CCC1CCCC2=C1[N]c1ccccc12. The van der Waals surface area contributed by atoms with Crippen molar-refractivity contribution in [3.63, 3.8) is 0 Å². The van der Waals surface area contributed by atoms with Gasteiger partial charge in [0.2, 0.25) is 0 Å². The molecule has 1 unspecified atom stereocenters. The molecule has 0 spiro atoms. The van der Waals surface area contributed by atoms with E-state index in [0.29, 0.717) is 5.92 Å². The largest absolute Gasteiger partial charge is 0.252 e. The second-order valence-electron chi connectivity index (χ2n) is 4.49. The van der Waals surface area contributed by atoms with Gasteiger partial charge in [-0.05, 0) is 37.3 Å². The summed E-state index contributed by atoms with van der Waals surface area (Å²) in [4.78, 5) is 0. The average molecular weight is 198 g/mol. The standard InChI is InChI=1S/C14H16N/c1-2-10-6-5-8-12-11-7-3-4-9-13(11)15-14(10)12/h3-4,7,9-10H,2,5-6,8H2,1H3. The van der Waals surface area contributed by atoms with Gasteiger partial charge in [-0.3, -0.25) is 5.32 Å². The summed E-state index contributed by atoms with van der Waals surface area (Å²) in [5, 5.41) is 4.81. The summed E-state index contributed by atoms with van der Waals surface area (Å²) < 4.78 is 0. The van der Waals surface area contributed by atoms with Crippen molar-refractivity contribution in [1.82, 2.24) is 5.32 Å².